The summed E-state index contributed by atoms with van der Waals surface area (Å²) in [5.41, 5.74) is 0.627. The predicted molar refractivity (Wildman–Crippen MR) is 101 cm³/mol. The smallest absolute Gasteiger partial charge is 0.258 e. The fourth-order valence-corrected chi connectivity index (χ4v) is 2.61. The zero-order chi connectivity index (χ0) is 18.2. The van der Waals surface area contributed by atoms with Crippen molar-refractivity contribution < 1.29 is 14.3 Å². The average molecular weight is 348 g/mol. The lowest BCUT2D eigenvalue weighted by Crippen LogP contribution is -2.36. The lowest BCUT2D eigenvalue weighted by Gasteiger charge is -2.10. The molecule has 132 valence electrons. The van der Waals surface area contributed by atoms with Gasteiger partial charge < -0.3 is 15.4 Å². The Kier molecular flexibility index (Phi) is 5.83. The van der Waals surface area contributed by atoms with Gasteiger partial charge in [-0.15, -0.1) is 0 Å². The van der Waals surface area contributed by atoms with Gasteiger partial charge in [0.05, 0.1) is 0 Å². The van der Waals surface area contributed by atoms with Crippen LogP contribution in [0, 0.1) is 0 Å². The Labute approximate surface area is 152 Å². The van der Waals surface area contributed by atoms with Crippen molar-refractivity contribution in [1.82, 2.24) is 10.6 Å². The van der Waals surface area contributed by atoms with E-state index in [1.165, 1.54) is 0 Å². The number of carbonyl (C=O) groups is 2. The van der Waals surface area contributed by atoms with E-state index in [-0.39, 0.29) is 18.4 Å². The summed E-state index contributed by atoms with van der Waals surface area (Å²) < 4.78 is 5.36. The summed E-state index contributed by atoms with van der Waals surface area (Å²) in [5.74, 6) is 0.261. The van der Waals surface area contributed by atoms with Crippen LogP contribution in [-0.4, -0.2) is 31.5 Å². The highest BCUT2D eigenvalue weighted by atomic mass is 16.5. The number of hydrogen-bond donors (Lipinski definition) is 2. The molecule has 3 rings (SSSR count). The Bertz CT molecular complexity index is 889. The van der Waals surface area contributed by atoms with Gasteiger partial charge in [-0.05, 0) is 29.0 Å². The first-order chi connectivity index (χ1) is 12.7. The van der Waals surface area contributed by atoms with Crippen molar-refractivity contribution in [3.8, 4) is 5.75 Å². The molecule has 0 saturated heterocycles. The summed E-state index contributed by atoms with van der Waals surface area (Å²) in [5, 5.41) is 7.47. The maximum Gasteiger partial charge on any atom is 0.258 e. The first-order valence-corrected chi connectivity index (χ1v) is 8.44. The van der Waals surface area contributed by atoms with E-state index in [1.54, 1.807) is 18.2 Å². The van der Waals surface area contributed by atoms with Crippen molar-refractivity contribution >= 4 is 22.6 Å². The maximum atomic E-state index is 12.4. The molecule has 0 aliphatic carbocycles. The van der Waals surface area contributed by atoms with Crippen molar-refractivity contribution in [2.24, 2.45) is 0 Å². The molecule has 5 nitrogen and oxygen atoms in total. The fourth-order valence-electron chi connectivity index (χ4n) is 2.61. The molecule has 2 amide bonds. The van der Waals surface area contributed by atoms with Gasteiger partial charge in [0.15, 0.2) is 6.61 Å². The van der Waals surface area contributed by atoms with E-state index < -0.39 is 0 Å². The van der Waals surface area contributed by atoms with Gasteiger partial charge in [0.2, 0.25) is 0 Å². The van der Waals surface area contributed by atoms with Crippen LogP contribution < -0.4 is 15.4 Å². The summed E-state index contributed by atoms with van der Waals surface area (Å²) in [6, 6.07) is 22.5. The van der Waals surface area contributed by atoms with Gasteiger partial charge in [0, 0.05) is 18.7 Å². The number of amides is 2. The van der Waals surface area contributed by atoms with Gasteiger partial charge >= 0.3 is 0 Å². The molecule has 0 aliphatic heterocycles. The van der Waals surface area contributed by atoms with Gasteiger partial charge in [-0.25, -0.2) is 0 Å². The fraction of sp³-hybridized carbons (Fsp3) is 0.143. The number of rotatable bonds is 7. The third kappa shape index (κ3) is 4.60. The van der Waals surface area contributed by atoms with E-state index in [4.69, 9.17) is 4.74 Å². The standard InChI is InChI=1S/C21H20N2O3/c24-20(15-26-17-9-2-1-3-10-17)22-13-14-23-21(25)19-12-6-8-16-7-4-5-11-18(16)19/h1-12H,13-15H2,(H,22,24)(H,23,25). The summed E-state index contributed by atoms with van der Waals surface area (Å²) in [6.45, 7) is 0.633. The van der Waals surface area contributed by atoms with Crippen LogP contribution >= 0.6 is 0 Å². The van der Waals surface area contributed by atoms with Crippen molar-refractivity contribution in [3.63, 3.8) is 0 Å². The van der Waals surface area contributed by atoms with Gasteiger partial charge in [0.25, 0.3) is 11.8 Å². The Hall–Kier alpha value is -3.34. The normalized spacial score (nSPS) is 10.3. The molecule has 0 atom stereocenters. The SMILES string of the molecule is O=C(COc1ccccc1)NCCNC(=O)c1cccc2ccccc12. The van der Waals surface area contributed by atoms with E-state index in [2.05, 4.69) is 10.6 Å². The number of ether oxygens (including phenoxy) is 1. The number of benzene rings is 3. The van der Waals surface area contributed by atoms with Gasteiger partial charge in [-0.1, -0.05) is 54.6 Å². The molecule has 3 aromatic rings. The molecule has 0 aromatic heterocycles. The monoisotopic (exact) mass is 348 g/mol. The van der Waals surface area contributed by atoms with Crippen LogP contribution in [0.2, 0.25) is 0 Å². The largest absolute Gasteiger partial charge is 0.484 e. The molecule has 0 fully saturated rings. The second-order valence-electron chi connectivity index (χ2n) is 5.73. The first-order valence-electron chi connectivity index (χ1n) is 8.44. The van der Waals surface area contributed by atoms with Crippen LogP contribution in [-0.2, 0) is 4.79 Å². The number of nitrogens with one attached hydrogen (secondary N) is 2. The molecule has 26 heavy (non-hydrogen) atoms. The van der Waals surface area contributed by atoms with Crippen LogP contribution in [0.1, 0.15) is 10.4 Å². The van der Waals surface area contributed by atoms with Crippen LogP contribution in [0.3, 0.4) is 0 Å². The Morgan fingerprint density at radius 3 is 2.31 bits per heavy atom. The Morgan fingerprint density at radius 2 is 1.46 bits per heavy atom. The highest BCUT2D eigenvalue weighted by molar-refractivity contribution is 6.07. The van der Waals surface area contributed by atoms with E-state index in [1.807, 2.05) is 54.6 Å². The van der Waals surface area contributed by atoms with Crippen LogP contribution in [0.15, 0.2) is 72.8 Å². The van der Waals surface area contributed by atoms with Crippen molar-refractivity contribution in [1.29, 1.82) is 0 Å². The van der Waals surface area contributed by atoms with Crippen LogP contribution in [0.5, 0.6) is 5.75 Å². The zero-order valence-electron chi connectivity index (χ0n) is 14.3. The van der Waals surface area contributed by atoms with E-state index in [9.17, 15) is 9.59 Å². The predicted octanol–water partition coefficient (Wildman–Crippen LogP) is 2.76. The summed E-state index contributed by atoms with van der Waals surface area (Å²) >= 11 is 0. The molecule has 0 saturated carbocycles. The minimum Gasteiger partial charge on any atom is -0.484 e. The third-order valence-corrected chi connectivity index (χ3v) is 3.88. The second kappa shape index (κ2) is 8.67. The highest BCUT2D eigenvalue weighted by Crippen LogP contribution is 2.18. The lowest BCUT2D eigenvalue weighted by molar-refractivity contribution is -0.123. The van der Waals surface area contributed by atoms with E-state index >= 15 is 0 Å². The Morgan fingerprint density at radius 1 is 0.769 bits per heavy atom. The van der Waals surface area contributed by atoms with Gasteiger partial charge in [-0.3, -0.25) is 9.59 Å². The van der Waals surface area contributed by atoms with Crippen LogP contribution in [0.4, 0.5) is 0 Å². The molecule has 0 bridgehead atoms. The molecule has 2 N–H and O–H groups in total. The number of para-hydroxylation sites is 1. The molecule has 5 heteroatoms. The zero-order valence-corrected chi connectivity index (χ0v) is 14.3. The van der Waals surface area contributed by atoms with Crippen molar-refractivity contribution in [2.45, 2.75) is 0 Å². The molecular formula is C21H20N2O3. The summed E-state index contributed by atoms with van der Waals surface area (Å²) in [4.78, 5) is 24.1. The lowest BCUT2D eigenvalue weighted by atomic mass is 10.0. The number of carbonyl (C=O) groups excluding carboxylic acids is 2. The van der Waals surface area contributed by atoms with Gasteiger partial charge in [0.1, 0.15) is 5.75 Å². The third-order valence-electron chi connectivity index (χ3n) is 3.88. The molecule has 0 unspecified atom stereocenters. The van der Waals surface area contributed by atoms with E-state index in [0.29, 0.717) is 24.4 Å². The quantitative estimate of drug-likeness (QED) is 0.645. The summed E-state index contributed by atoms with van der Waals surface area (Å²) in [6.07, 6.45) is 0. The molecular weight excluding hydrogens is 328 g/mol. The highest BCUT2D eigenvalue weighted by Gasteiger charge is 2.09. The van der Waals surface area contributed by atoms with Gasteiger partial charge in [-0.2, -0.15) is 0 Å². The minimum absolute atomic E-state index is 0.0543. The summed E-state index contributed by atoms with van der Waals surface area (Å²) in [7, 11) is 0. The molecule has 3 aromatic carbocycles. The van der Waals surface area contributed by atoms with Crippen molar-refractivity contribution in [3.05, 3.63) is 78.4 Å². The minimum atomic E-state index is -0.228. The molecule has 0 heterocycles. The van der Waals surface area contributed by atoms with Crippen LogP contribution in [0.25, 0.3) is 10.8 Å². The molecule has 0 radical (unpaired) electrons. The molecule has 0 aliphatic rings. The maximum absolute atomic E-state index is 12.4. The topological polar surface area (TPSA) is 67.4 Å². The van der Waals surface area contributed by atoms with E-state index in [0.717, 1.165) is 10.8 Å². The first kappa shape index (κ1) is 17.5. The Balaban J connectivity index is 1.43. The average Bonchev–Trinajstić information content (AvgIpc) is 2.70. The number of hydrogen-bond acceptors (Lipinski definition) is 3. The van der Waals surface area contributed by atoms with Crippen molar-refractivity contribution in [2.75, 3.05) is 19.7 Å². The second-order valence-corrected chi connectivity index (χ2v) is 5.73. The molecule has 0 spiro atoms. The number of fused-ring (bicyclic) bond motifs is 1.